The number of hydrogen-bond acceptors (Lipinski definition) is 2. The van der Waals surface area contributed by atoms with Gasteiger partial charge in [-0.1, -0.05) is 38.8 Å². The van der Waals surface area contributed by atoms with Crippen LogP contribution in [0.15, 0.2) is 24.4 Å². The summed E-state index contributed by atoms with van der Waals surface area (Å²) in [5.41, 5.74) is 2.87. The molecule has 0 fully saturated rings. The fourth-order valence-corrected chi connectivity index (χ4v) is 1.64. The Morgan fingerprint density at radius 3 is 2.87 bits per heavy atom. The summed E-state index contributed by atoms with van der Waals surface area (Å²) in [4.78, 5) is 0. The van der Waals surface area contributed by atoms with E-state index in [1.165, 1.54) is 0 Å². The van der Waals surface area contributed by atoms with Gasteiger partial charge in [-0.3, -0.25) is 0 Å². The normalized spacial score (nSPS) is 10.6. The standard InChI is InChI=1S/C10H9BrClN3/c1-7-2-3-9(4-10(7)12)15-6-8(5-11)13-14-15/h2-4,6H,5H2,1H3. The molecule has 0 bridgehead atoms. The van der Waals surface area contributed by atoms with Crippen LogP contribution in [0.25, 0.3) is 5.69 Å². The summed E-state index contributed by atoms with van der Waals surface area (Å²) in [6, 6.07) is 5.81. The van der Waals surface area contributed by atoms with Gasteiger partial charge in [0.1, 0.15) is 0 Å². The first-order chi connectivity index (χ1) is 7.20. The second-order valence-corrected chi connectivity index (χ2v) is 4.19. The van der Waals surface area contributed by atoms with Crippen molar-refractivity contribution >= 4 is 27.5 Å². The molecule has 0 unspecified atom stereocenters. The molecule has 0 aliphatic carbocycles. The SMILES string of the molecule is Cc1ccc(-n2cc(CBr)nn2)cc1Cl. The number of hydrogen-bond donors (Lipinski definition) is 0. The van der Waals surface area contributed by atoms with Gasteiger partial charge in [0.2, 0.25) is 0 Å². The Hall–Kier alpha value is -0.870. The molecule has 1 aromatic heterocycles. The zero-order valence-electron chi connectivity index (χ0n) is 8.11. The summed E-state index contributed by atoms with van der Waals surface area (Å²) in [5, 5.41) is 9.43. The third kappa shape index (κ3) is 2.21. The van der Waals surface area contributed by atoms with Crippen LogP contribution in [0.2, 0.25) is 5.02 Å². The number of nitrogens with zero attached hydrogens (tertiary/aromatic N) is 3. The third-order valence-corrected chi connectivity index (χ3v) is 3.08. The van der Waals surface area contributed by atoms with Gasteiger partial charge in [-0.05, 0) is 24.6 Å². The average Bonchev–Trinajstić information content (AvgIpc) is 2.70. The molecule has 3 nitrogen and oxygen atoms in total. The van der Waals surface area contributed by atoms with Crippen LogP contribution in [0.4, 0.5) is 0 Å². The Bertz CT molecular complexity index is 481. The van der Waals surface area contributed by atoms with Crippen LogP contribution in [0.1, 0.15) is 11.3 Å². The van der Waals surface area contributed by atoms with Crippen molar-refractivity contribution in [2.45, 2.75) is 12.3 Å². The monoisotopic (exact) mass is 285 g/mol. The Labute approximate surface area is 101 Å². The second-order valence-electron chi connectivity index (χ2n) is 3.22. The van der Waals surface area contributed by atoms with Gasteiger partial charge >= 0.3 is 0 Å². The van der Waals surface area contributed by atoms with Crippen LogP contribution in [0.5, 0.6) is 0 Å². The molecule has 0 spiro atoms. The van der Waals surface area contributed by atoms with Crippen molar-refractivity contribution < 1.29 is 0 Å². The number of alkyl halides is 1. The van der Waals surface area contributed by atoms with Gasteiger partial charge in [0, 0.05) is 10.4 Å². The first-order valence-corrected chi connectivity index (χ1v) is 5.94. The molecule has 2 rings (SSSR count). The van der Waals surface area contributed by atoms with Crippen LogP contribution in [0, 0.1) is 6.92 Å². The number of benzene rings is 1. The molecular weight excluding hydrogens is 277 g/mol. The molecule has 0 aliphatic rings. The molecule has 0 saturated carbocycles. The van der Waals surface area contributed by atoms with Crippen molar-refractivity contribution in [3.05, 3.63) is 40.7 Å². The average molecular weight is 287 g/mol. The summed E-state index contributed by atoms with van der Waals surface area (Å²) < 4.78 is 1.71. The minimum absolute atomic E-state index is 0.701. The zero-order chi connectivity index (χ0) is 10.8. The maximum absolute atomic E-state index is 6.03. The van der Waals surface area contributed by atoms with E-state index in [0.29, 0.717) is 5.33 Å². The summed E-state index contributed by atoms with van der Waals surface area (Å²) in [6.07, 6.45) is 1.87. The van der Waals surface area contributed by atoms with Crippen molar-refractivity contribution in [1.29, 1.82) is 0 Å². The number of rotatable bonds is 2. The van der Waals surface area contributed by atoms with Crippen molar-refractivity contribution in [3.63, 3.8) is 0 Å². The number of aryl methyl sites for hydroxylation is 1. The van der Waals surface area contributed by atoms with Gasteiger partial charge in [-0.2, -0.15) is 0 Å². The quantitative estimate of drug-likeness (QED) is 0.794. The van der Waals surface area contributed by atoms with E-state index in [0.717, 1.165) is 22.0 Å². The van der Waals surface area contributed by atoms with E-state index in [9.17, 15) is 0 Å². The largest absolute Gasteiger partial charge is 0.220 e. The molecule has 0 atom stereocenters. The van der Waals surface area contributed by atoms with Gasteiger partial charge in [-0.15, -0.1) is 5.10 Å². The summed E-state index contributed by atoms with van der Waals surface area (Å²) in [5.74, 6) is 0. The molecular formula is C10H9BrClN3. The zero-order valence-corrected chi connectivity index (χ0v) is 10.5. The third-order valence-electron chi connectivity index (χ3n) is 2.10. The summed E-state index contributed by atoms with van der Waals surface area (Å²) in [6.45, 7) is 1.97. The minimum Gasteiger partial charge on any atom is -0.220 e. The molecule has 0 saturated heterocycles. The van der Waals surface area contributed by atoms with Gasteiger partial charge in [0.05, 0.1) is 17.6 Å². The van der Waals surface area contributed by atoms with Gasteiger partial charge in [0.15, 0.2) is 0 Å². The Morgan fingerprint density at radius 2 is 2.27 bits per heavy atom. The molecule has 5 heteroatoms. The van der Waals surface area contributed by atoms with Crippen LogP contribution in [-0.2, 0) is 5.33 Å². The predicted octanol–water partition coefficient (Wildman–Crippen LogP) is 3.12. The van der Waals surface area contributed by atoms with Crippen LogP contribution in [0.3, 0.4) is 0 Å². The lowest BCUT2D eigenvalue weighted by Crippen LogP contribution is -1.94. The van der Waals surface area contributed by atoms with Crippen molar-refractivity contribution in [1.82, 2.24) is 15.0 Å². The molecule has 0 aliphatic heterocycles. The first kappa shape index (κ1) is 10.6. The number of aromatic nitrogens is 3. The maximum Gasteiger partial charge on any atom is 0.0937 e. The molecule has 1 heterocycles. The van der Waals surface area contributed by atoms with E-state index >= 15 is 0 Å². The molecule has 15 heavy (non-hydrogen) atoms. The molecule has 1 aromatic carbocycles. The van der Waals surface area contributed by atoms with Crippen molar-refractivity contribution in [2.24, 2.45) is 0 Å². The van der Waals surface area contributed by atoms with E-state index in [2.05, 4.69) is 26.2 Å². The highest BCUT2D eigenvalue weighted by atomic mass is 79.9. The molecule has 0 amide bonds. The topological polar surface area (TPSA) is 30.7 Å². The van der Waals surface area contributed by atoms with Crippen molar-refractivity contribution in [3.8, 4) is 5.69 Å². The fourth-order valence-electron chi connectivity index (χ4n) is 1.21. The minimum atomic E-state index is 0.701. The smallest absolute Gasteiger partial charge is 0.0937 e. The Kier molecular flexibility index (Phi) is 3.07. The summed E-state index contributed by atoms with van der Waals surface area (Å²) >= 11 is 9.36. The fraction of sp³-hybridized carbons (Fsp3) is 0.200. The number of halogens is 2. The van der Waals surface area contributed by atoms with Crippen LogP contribution < -0.4 is 0 Å². The maximum atomic E-state index is 6.03. The molecule has 0 N–H and O–H groups in total. The highest BCUT2D eigenvalue weighted by molar-refractivity contribution is 9.08. The Morgan fingerprint density at radius 1 is 1.47 bits per heavy atom. The van der Waals surface area contributed by atoms with Gasteiger partial charge in [0.25, 0.3) is 0 Å². The Balaban J connectivity index is 2.40. The lowest BCUT2D eigenvalue weighted by atomic mass is 10.2. The van der Waals surface area contributed by atoms with Gasteiger partial charge in [-0.25, -0.2) is 4.68 Å². The van der Waals surface area contributed by atoms with Crippen molar-refractivity contribution in [2.75, 3.05) is 0 Å². The molecule has 2 aromatic rings. The lowest BCUT2D eigenvalue weighted by molar-refractivity contribution is 0.800. The lowest BCUT2D eigenvalue weighted by Gasteiger charge is -2.02. The van der Waals surface area contributed by atoms with E-state index < -0.39 is 0 Å². The van der Waals surface area contributed by atoms with E-state index in [-0.39, 0.29) is 0 Å². The predicted molar refractivity (Wildman–Crippen MR) is 63.7 cm³/mol. The van der Waals surface area contributed by atoms with E-state index in [4.69, 9.17) is 11.6 Å². The second kappa shape index (κ2) is 4.33. The summed E-state index contributed by atoms with van der Waals surface area (Å²) in [7, 11) is 0. The van der Waals surface area contributed by atoms with Gasteiger partial charge < -0.3 is 0 Å². The highest BCUT2D eigenvalue weighted by Crippen LogP contribution is 2.19. The first-order valence-electron chi connectivity index (χ1n) is 4.44. The molecule has 0 radical (unpaired) electrons. The van der Waals surface area contributed by atoms with E-state index in [1.54, 1.807) is 4.68 Å². The van der Waals surface area contributed by atoms with Crippen LogP contribution >= 0.6 is 27.5 Å². The highest BCUT2D eigenvalue weighted by Gasteiger charge is 2.03. The van der Waals surface area contributed by atoms with E-state index in [1.807, 2.05) is 31.3 Å². The molecule has 78 valence electrons. The van der Waals surface area contributed by atoms with Crippen LogP contribution in [-0.4, -0.2) is 15.0 Å².